The average Bonchev–Trinajstić information content (AvgIpc) is 3.13. The predicted molar refractivity (Wildman–Crippen MR) is 109 cm³/mol. The molecule has 0 aliphatic rings. The molecule has 0 amide bonds. The maximum absolute atomic E-state index is 10.9. The topological polar surface area (TPSA) is 83.9 Å². The summed E-state index contributed by atoms with van der Waals surface area (Å²) in [6.07, 6.45) is 0. The van der Waals surface area contributed by atoms with Gasteiger partial charge in [-0.15, -0.1) is 5.10 Å². The van der Waals surface area contributed by atoms with E-state index in [1.54, 1.807) is 0 Å². The number of ether oxygens (including phenoxy) is 1. The van der Waals surface area contributed by atoms with Gasteiger partial charge in [-0.1, -0.05) is 65.8 Å². The fraction of sp³-hybridized carbons (Fsp3) is 0.409. The van der Waals surface area contributed by atoms with Gasteiger partial charge >= 0.3 is 0 Å². The molecule has 2 aromatic carbocycles. The van der Waals surface area contributed by atoms with Crippen molar-refractivity contribution < 1.29 is 9.84 Å². The zero-order chi connectivity index (χ0) is 20.5. The molecular formula is C22H28N4O2. The number of nitrogens with one attached hydrogen (secondary N) is 1. The molecule has 3 aromatic rings. The summed E-state index contributed by atoms with van der Waals surface area (Å²) >= 11 is 0. The van der Waals surface area contributed by atoms with Crippen LogP contribution in [0.15, 0.2) is 36.4 Å². The van der Waals surface area contributed by atoms with Gasteiger partial charge in [-0.3, -0.25) is 0 Å². The Kier molecular flexibility index (Phi) is 5.15. The number of rotatable bonds is 4. The highest BCUT2D eigenvalue weighted by Crippen LogP contribution is 2.41. The Balaban J connectivity index is 1.96. The molecule has 148 valence electrons. The van der Waals surface area contributed by atoms with Crippen LogP contribution in [0.5, 0.6) is 11.5 Å². The molecule has 0 atom stereocenters. The van der Waals surface area contributed by atoms with E-state index in [9.17, 15) is 5.11 Å². The number of phenolic OH excluding ortho intramolecular Hbond substituents is 1. The average molecular weight is 380 g/mol. The standard InChI is InChI=1S/C22H28N4O2/c1-21(2,3)17-11-15(12-18(19(17)27)22(4,5)6)28-13-14-9-7-8-10-16(14)20-23-25-26-24-20/h7-12,27H,13H2,1-6H3,(H,23,24,25,26). The van der Waals surface area contributed by atoms with E-state index in [0.717, 1.165) is 28.0 Å². The predicted octanol–water partition coefficient (Wildman–Crippen LogP) is 4.75. The van der Waals surface area contributed by atoms with Crippen molar-refractivity contribution in [1.82, 2.24) is 20.6 Å². The lowest BCUT2D eigenvalue weighted by Gasteiger charge is -2.28. The molecule has 0 bridgehead atoms. The zero-order valence-electron chi connectivity index (χ0n) is 17.4. The first-order chi connectivity index (χ1) is 13.1. The van der Waals surface area contributed by atoms with Gasteiger partial charge in [0.2, 0.25) is 0 Å². The lowest BCUT2D eigenvalue weighted by atomic mass is 9.79. The number of nitrogens with zero attached hydrogens (tertiary/aromatic N) is 3. The highest BCUT2D eigenvalue weighted by molar-refractivity contribution is 5.59. The highest BCUT2D eigenvalue weighted by Gasteiger charge is 2.27. The van der Waals surface area contributed by atoms with Gasteiger partial charge in [-0.05, 0) is 33.4 Å². The molecule has 2 N–H and O–H groups in total. The maximum Gasteiger partial charge on any atom is 0.179 e. The molecule has 1 aromatic heterocycles. The summed E-state index contributed by atoms with van der Waals surface area (Å²) in [6.45, 7) is 12.9. The number of aromatic amines is 1. The van der Waals surface area contributed by atoms with Gasteiger partial charge in [0.15, 0.2) is 5.82 Å². The Labute approximate surface area is 166 Å². The normalized spacial score (nSPS) is 12.2. The van der Waals surface area contributed by atoms with E-state index in [1.165, 1.54) is 0 Å². The Bertz CT molecular complexity index is 916. The van der Waals surface area contributed by atoms with Gasteiger partial charge in [0.25, 0.3) is 0 Å². The van der Waals surface area contributed by atoms with E-state index >= 15 is 0 Å². The molecule has 0 saturated heterocycles. The molecule has 1 heterocycles. The Hall–Kier alpha value is -2.89. The third kappa shape index (κ3) is 4.16. The van der Waals surface area contributed by atoms with Gasteiger partial charge in [-0.2, -0.15) is 0 Å². The van der Waals surface area contributed by atoms with Crippen LogP contribution < -0.4 is 4.74 Å². The number of benzene rings is 2. The molecule has 3 rings (SSSR count). The summed E-state index contributed by atoms with van der Waals surface area (Å²) < 4.78 is 6.16. The summed E-state index contributed by atoms with van der Waals surface area (Å²) in [7, 11) is 0. The number of aromatic nitrogens is 4. The van der Waals surface area contributed by atoms with Crippen LogP contribution in [0.3, 0.4) is 0 Å². The SMILES string of the molecule is CC(C)(C)c1cc(OCc2ccccc2-c2nnn[nH]2)cc(C(C)(C)C)c1O. The molecule has 6 heteroatoms. The molecule has 6 nitrogen and oxygen atoms in total. The molecule has 0 saturated carbocycles. The smallest absolute Gasteiger partial charge is 0.179 e. The Morgan fingerprint density at radius 2 is 1.57 bits per heavy atom. The largest absolute Gasteiger partial charge is 0.507 e. The second-order valence-corrected chi connectivity index (χ2v) is 9.06. The Morgan fingerprint density at radius 1 is 0.964 bits per heavy atom. The van der Waals surface area contributed by atoms with Gasteiger partial charge in [0.05, 0.1) is 0 Å². The van der Waals surface area contributed by atoms with E-state index in [-0.39, 0.29) is 10.8 Å². The van der Waals surface area contributed by atoms with E-state index in [1.807, 2.05) is 36.4 Å². The minimum absolute atomic E-state index is 0.202. The molecule has 0 aliphatic heterocycles. The van der Waals surface area contributed by atoms with Crippen LogP contribution in [-0.2, 0) is 17.4 Å². The van der Waals surface area contributed by atoms with Crippen molar-refractivity contribution in [2.75, 3.05) is 0 Å². The first-order valence-corrected chi connectivity index (χ1v) is 9.40. The molecule has 0 spiro atoms. The summed E-state index contributed by atoms with van der Waals surface area (Å²) in [4.78, 5) is 0. The molecule has 0 aliphatic carbocycles. The molecule has 28 heavy (non-hydrogen) atoms. The van der Waals surface area contributed by atoms with E-state index < -0.39 is 0 Å². The van der Waals surface area contributed by atoms with Gasteiger partial charge in [0.1, 0.15) is 18.1 Å². The highest BCUT2D eigenvalue weighted by atomic mass is 16.5. The lowest BCUT2D eigenvalue weighted by molar-refractivity contribution is 0.303. The molecule has 0 radical (unpaired) electrons. The summed E-state index contributed by atoms with van der Waals surface area (Å²) in [5, 5.41) is 25.0. The van der Waals surface area contributed by atoms with Gasteiger partial charge in [-0.25, -0.2) is 5.10 Å². The van der Waals surface area contributed by atoms with Crippen LogP contribution in [0.25, 0.3) is 11.4 Å². The monoisotopic (exact) mass is 380 g/mol. The van der Waals surface area contributed by atoms with Crippen molar-refractivity contribution in [3.8, 4) is 22.9 Å². The van der Waals surface area contributed by atoms with E-state index in [2.05, 4.69) is 62.2 Å². The number of hydrogen-bond donors (Lipinski definition) is 2. The van der Waals surface area contributed by atoms with Crippen molar-refractivity contribution in [2.45, 2.75) is 59.0 Å². The summed E-state index contributed by atoms with van der Waals surface area (Å²) in [6, 6.07) is 11.7. The van der Waals surface area contributed by atoms with Gasteiger partial charge < -0.3 is 9.84 Å². The summed E-state index contributed by atoms with van der Waals surface area (Å²) in [5.41, 5.74) is 3.23. The van der Waals surface area contributed by atoms with Crippen LogP contribution in [0.2, 0.25) is 0 Å². The maximum atomic E-state index is 10.9. The van der Waals surface area contributed by atoms with E-state index in [4.69, 9.17) is 4.74 Å². The fourth-order valence-corrected chi connectivity index (χ4v) is 3.15. The summed E-state index contributed by atoms with van der Waals surface area (Å²) in [5.74, 6) is 1.69. The van der Waals surface area contributed by atoms with Crippen LogP contribution in [0, 0.1) is 0 Å². The number of aromatic hydroxyl groups is 1. The number of tetrazole rings is 1. The second kappa shape index (κ2) is 7.26. The number of H-pyrrole nitrogens is 1. The van der Waals surface area contributed by atoms with Crippen LogP contribution in [0.1, 0.15) is 58.2 Å². The first-order valence-electron chi connectivity index (χ1n) is 9.40. The van der Waals surface area contributed by atoms with Crippen LogP contribution in [0.4, 0.5) is 0 Å². The third-order valence-electron chi connectivity index (χ3n) is 4.71. The Morgan fingerprint density at radius 3 is 2.11 bits per heavy atom. The van der Waals surface area contributed by atoms with Crippen molar-refractivity contribution in [1.29, 1.82) is 0 Å². The van der Waals surface area contributed by atoms with Crippen LogP contribution >= 0.6 is 0 Å². The minimum atomic E-state index is -0.202. The van der Waals surface area contributed by atoms with Crippen molar-refractivity contribution in [2.24, 2.45) is 0 Å². The molecule has 0 unspecified atom stereocenters. The second-order valence-electron chi connectivity index (χ2n) is 9.06. The quantitative estimate of drug-likeness (QED) is 0.682. The van der Waals surface area contributed by atoms with Crippen molar-refractivity contribution >= 4 is 0 Å². The first kappa shape index (κ1) is 19.9. The third-order valence-corrected chi connectivity index (χ3v) is 4.71. The van der Waals surface area contributed by atoms with E-state index in [0.29, 0.717) is 18.2 Å². The molecule has 0 fully saturated rings. The number of phenols is 1. The lowest BCUT2D eigenvalue weighted by Crippen LogP contribution is -2.17. The van der Waals surface area contributed by atoms with Crippen molar-refractivity contribution in [3.63, 3.8) is 0 Å². The van der Waals surface area contributed by atoms with Crippen LogP contribution in [-0.4, -0.2) is 25.7 Å². The fourth-order valence-electron chi connectivity index (χ4n) is 3.15. The van der Waals surface area contributed by atoms with Crippen molar-refractivity contribution in [3.05, 3.63) is 53.1 Å². The number of hydrogen-bond acceptors (Lipinski definition) is 5. The molecular weight excluding hydrogens is 352 g/mol. The zero-order valence-corrected chi connectivity index (χ0v) is 17.4. The minimum Gasteiger partial charge on any atom is -0.507 e. The van der Waals surface area contributed by atoms with Gasteiger partial charge in [0, 0.05) is 22.3 Å².